The highest BCUT2D eigenvalue weighted by Gasteiger charge is 2.56. The zero-order valence-electron chi connectivity index (χ0n) is 18.0. The molecule has 3 aliphatic rings. The normalized spacial score (nSPS) is 24.4. The zero-order chi connectivity index (χ0) is 21.4. The number of hydrogen-bond donors (Lipinski definition) is 1. The van der Waals surface area contributed by atoms with E-state index in [-0.39, 0.29) is 17.9 Å². The second kappa shape index (κ2) is 8.08. The van der Waals surface area contributed by atoms with Crippen LogP contribution in [0.25, 0.3) is 0 Å². The maximum absolute atomic E-state index is 13.8. The van der Waals surface area contributed by atoms with E-state index in [0.717, 1.165) is 56.4 Å². The number of aryl methyl sites for hydroxylation is 1. The van der Waals surface area contributed by atoms with Crippen molar-refractivity contribution >= 4 is 17.6 Å². The van der Waals surface area contributed by atoms with E-state index in [1.54, 1.807) is 0 Å². The van der Waals surface area contributed by atoms with Gasteiger partial charge in [-0.1, -0.05) is 37.1 Å². The molecule has 2 amide bonds. The standard InChI is InChI=1S/C25H29N3O3/c1-17-8-6-12-21(26-17)27-23(29)22-19-10-2-3-11-20(19)24(30)28(16-18-9-7-15-31-18)25(22)13-4-5-14-25/h2-3,6,8,10-12,18,22H,4-5,7,9,13-16H2,1H3,(H,26,27,29)/t18-,22+/m0/s1. The van der Waals surface area contributed by atoms with Gasteiger partial charge in [-0.3, -0.25) is 9.59 Å². The first-order valence-corrected chi connectivity index (χ1v) is 11.4. The average molecular weight is 420 g/mol. The van der Waals surface area contributed by atoms with Gasteiger partial charge >= 0.3 is 0 Å². The molecule has 1 saturated carbocycles. The summed E-state index contributed by atoms with van der Waals surface area (Å²) in [6, 6.07) is 13.2. The molecule has 2 fully saturated rings. The number of amides is 2. The third kappa shape index (κ3) is 3.53. The van der Waals surface area contributed by atoms with Gasteiger partial charge in [-0.25, -0.2) is 4.98 Å². The molecular formula is C25H29N3O3. The van der Waals surface area contributed by atoms with E-state index in [9.17, 15) is 9.59 Å². The van der Waals surface area contributed by atoms with Crippen molar-refractivity contribution in [3.8, 4) is 0 Å². The highest BCUT2D eigenvalue weighted by Crippen LogP contribution is 2.50. The lowest BCUT2D eigenvalue weighted by Crippen LogP contribution is -2.61. The Labute approximate surface area is 183 Å². The smallest absolute Gasteiger partial charge is 0.254 e. The Bertz CT molecular complexity index is 993. The number of nitrogens with one attached hydrogen (secondary N) is 1. The van der Waals surface area contributed by atoms with Crippen molar-refractivity contribution in [3.63, 3.8) is 0 Å². The average Bonchev–Trinajstić information content (AvgIpc) is 3.44. The number of benzene rings is 1. The summed E-state index contributed by atoms with van der Waals surface area (Å²) in [6.45, 7) is 3.21. The molecule has 1 aliphatic carbocycles. The van der Waals surface area contributed by atoms with Gasteiger partial charge in [0.1, 0.15) is 5.82 Å². The van der Waals surface area contributed by atoms with E-state index in [1.165, 1.54) is 0 Å². The van der Waals surface area contributed by atoms with Crippen LogP contribution in [-0.4, -0.2) is 46.5 Å². The van der Waals surface area contributed by atoms with Crippen LogP contribution in [0.4, 0.5) is 5.82 Å². The molecule has 2 atom stereocenters. The summed E-state index contributed by atoms with van der Waals surface area (Å²) in [4.78, 5) is 33.9. The number of hydrogen-bond acceptors (Lipinski definition) is 4. The number of carbonyl (C=O) groups is 2. The number of aromatic nitrogens is 1. The van der Waals surface area contributed by atoms with Gasteiger partial charge in [0, 0.05) is 24.4 Å². The molecule has 6 nitrogen and oxygen atoms in total. The van der Waals surface area contributed by atoms with Gasteiger partial charge in [-0.2, -0.15) is 0 Å². The van der Waals surface area contributed by atoms with Gasteiger partial charge in [0.25, 0.3) is 5.91 Å². The van der Waals surface area contributed by atoms with Crippen LogP contribution in [-0.2, 0) is 9.53 Å². The van der Waals surface area contributed by atoms with Gasteiger partial charge in [0.2, 0.25) is 5.91 Å². The molecule has 2 aromatic rings. The number of nitrogens with zero attached hydrogens (tertiary/aromatic N) is 2. The van der Waals surface area contributed by atoms with Gasteiger partial charge in [0.15, 0.2) is 0 Å². The van der Waals surface area contributed by atoms with Crippen LogP contribution in [0.1, 0.15) is 66.1 Å². The molecule has 1 spiro atoms. The van der Waals surface area contributed by atoms with Crippen molar-refractivity contribution in [2.24, 2.45) is 0 Å². The molecule has 31 heavy (non-hydrogen) atoms. The second-order valence-corrected chi connectivity index (χ2v) is 9.04. The summed E-state index contributed by atoms with van der Waals surface area (Å²) < 4.78 is 5.89. The molecule has 3 heterocycles. The summed E-state index contributed by atoms with van der Waals surface area (Å²) in [5.74, 6) is 0.0776. The summed E-state index contributed by atoms with van der Waals surface area (Å²) in [6.07, 6.45) is 5.74. The van der Waals surface area contributed by atoms with Crippen molar-refractivity contribution in [1.29, 1.82) is 0 Å². The molecule has 0 bridgehead atoms. The lowest BCUT2D eigenvalue weighted by molar-refractivity contribution is -0.121. The van der Waals surface area contributed by atoms with E-state index in [4.69, 9.17) is 4.74 Å². The number of anilines is 1. The van der Waals surface area contributed by atoms with Crippen molar-refractivity contribution in [2.75, 3.05) is 18.5 Å². The molecule has 162 valence electrons. The molecule has 5 rings (SSSR count). The molecule has 0 unspecified atom stereocenters. The quantitative estimate of drug-likeness (QED) is 0.811. The first-order valence-electron chi connectivity index (χ1n) is 11.4. The third-order valence-corrected chi connectivity index (χ3v) is 7.10. The number of fused-ring (bicyclic) bond motifs is 1. The van der Waals surface area contributed by atoms with E-state index in [2.05, 4.69) is 10.3 Å². The van der Waals surface area contributed by atoms with Crippen LogP contribution in [0.2, 0.25) is 0 Å². The van der Waals surface area contributed by atoms with Crippen LogP contribution in [0.5, 0.6) is 0 Å². The molecule has 1 N–H and O–H groups in total. The van der Waals surface area contributed by atoms with Crippen LogP contribution >= 0.6 is 0 Å². The van der Waals surface area contributed by atoms with Crippen molar-refractivity contribution in [1.82, 2.24) is 9.88 Å². The Morgan fingerprint density at radius 1 is 1.16 bits per heavy atom. The Balaban J connectivity index is 1.57. The summed E-state index contributed by atoms with van der Waals surface area (Å²) in [5.41, 5.74) is 1.82. The molecule has 1 saturated heterocycles. The summed E-state index contributed by atoms with van der Waals surface area (Å²) in [7, 11) is 0. The fraction of sp³-hybridized carbons (Fsp3) is 0.480. The Kier molecular flexibility index (Phi) is 5.26. The fourth-order valence-electron chi connectivity index (χ4n) is 5.74. The maximum Gasteiger partial charge on any atom is 0.254 e. The van der Waals surface area contributed by atoms with E-state index < -0.39 is 11.5 Å². The molecular weight excluding hydrogens is 390 g/mol. The van der Waals surface area contributed by atoms with Crippen LogP contribution in [0.3, 0.4) is 0 Å². The largest absolute Gasteiger partial charge is 0.376 e. The van der Waals surface area contributed by atoms with Gasteiger partial charge in [-0.05, 0) is 56.4 Å². The maximum atomic E-state index is 13.8. The molecule has 1 aromatic heterocycles. The Morgan fingerprint density at radius 3 is 2.71 bits per heavy atom. The van der Waals surface area contributed by atoms with Crippen LogP contribution < -0.4 is 5.32 Å². The minimum atomic E-state index is -0.509. The minimum absolute atomic E-state index is 0.0331. The highest BCUT2D eigenvalue weighted by molar-refractivity contribution is 6.05. The summed E-state index contributed by atoms with van der Waals surface area (Å²) >= 11 is 0. The lowest BCUT2D eigenvalue weighted by Gasteiger charge is -2.50. The van der Waals surface area contributed by atoms with Crippen molar-refractivity contribution in [2.45, 2.75) is 63.0 Å². The van der Waals surface area contributed by atoms with Crippen molar-refractivity contribution < 1.29 is 14.3 Å². The number of rotatable bonds is 4. The molecule has 6 heteroatoms. The summed E-state index contributed by atoms with van der Waals surface area (Å²) in [5, 5.41) is 3.05. The zero-order valence-corrected chi connectivity index (χ0v) is 18.0. The number of pyridine rings is 1. The van der Waals surface area contributed by atoms with Gasteiger partial charge < -0.3 is 15.0 Å². The van der Waals surface area contributed by atoms with E-state index in [1.807, 2.05) is 54.3 Å². The second-order valence-electron chi connectivity index (χ2n) is 9.04. The Hall–Kier alpha value is -2.73. The highest BCUT2D eigenvalue weighted by atomic mass is 16.5. The topological polar surface area (TPSA) is 71.5 Å². The number of carbonyl (C=O) groups excluding carboxylic acids is 2. The van der Waals surface area contributed by atoms with E-state index >= 15 is 0 Å². The fourth-order valence-corrected chi connectivity index (χ4v) is 5.74. The predicted molar refractivity (Wildman–Crippen MR) is 118 cm³/mol. The predicted octanol–water partition coefficient (Wildman–Crippen LogP) is 4.06. The van der Waals surface area contributed by atoms with Crippen LogP contribution in [0, 0.1) is 6.92 Å². The lowest BCUT2D eigenvalue weighted by atomic mass is 9.71. The first-order chi connectivity index (χ1) is 15.1. The third-order valence-electron chi connectivity index (χ3n) is 7.10. The van der Waals surface area contributed by atoms with Gasteiger partial charge in [0.05, 0.1) is 17.6 Å². The van der Waals surface area contributed by atoms with E-state index in [0.29, 0.717) is 17.9 Å². The SMILES string of the molecule is Cc1cccc(NC(=O)[C@H]2c3ccccc3C(=O)N(C[C@@H]3CCCO3)C23CCCC3)n1. The molecule has 2 aliphatic heterocycles. The monoisotopic (exact) mass is 419 g/mol. The first kappa shape index (κ1) is 20.2. The molecule has 1 aromatic carbocycles. The number of ether oxygens (including phenoxy) is 1. The minimum Gasteiger partial charge on any atom is -0.376 e. The van der Waals surface area contributed by atoms with Crippen molar-refractivity contribution in [3.05, 3.63) is 59.3 Å². The van der Waals surface area contributed by atoms with Gasteiger partial charge in [-0.15, -0.1) is 0 Å². The Morgan fingerprint density at radius 2 is 1.97 bits per heavy atom. The van der Waals surface area contributed by atoms with Crippen LogP contribution in [0.15, 0.2) is 42.5 Å². The molecule has 0 radical (unpaired) electrons.